The maximum Gasteiger partial charge on any atom is 0.234 e. The zero-order valence-electron chi connectivity index (χ0n) is 11.7. The molecule has 0 unspecified atom stereocenters. The van der Waals surface area contributed by atoms with Crippen molar-refractivity contribution < 1.29 is 4.79 Å². The number of hydrogen-bond donors (Lipinski definition) is 1. The number of thiophene rings is 1. The highest BCUT2D eigenvalue weighted by Gasteiger charge is 2.09. The maximum atomic E-state index is 11.9. The van der Waals surface area contributed by atoms with Crippen LogP contribution in [0.3, 0.4) is 0 Å². The third-order valence-electron chi connectivity index (χ3n) is 3.10. The van der Waals surface area contributed by atoms with Crippen molar-refractivity contribution in [2.75, 3.05) is 13.1 Å². The van der Waals surface area contributed by atoms with E-state index < -0.39 is 0 Å². The highest BCUT2D eigenvalue weighted by molar-refractivity contribution is 7.09. The van der Waals surface area contributed by atoms with Crippen LogP contribution in [0.2, 0.25) is 0 Å². The van der Waals surface area contributed by atoms with Gasteiger partial charge in [0.15, 0.2) is 0 Å². The molecule has 0 spiro atoms. The number of carbonyl (C=O) groups excluding carboxylic acids is 1. The van der Waals surface area contributed by atoms with E-state index in [1.807, 2.05) is 35.7 Å². The molecule has 4 heteroatoms. The summed E-state index contributed by atoms with van der Waals surface area (Å²) in [5.41, 5.74) is 1.24. The van der Waals surface area contributed by atoms with Crippen molar-refractivity contribution in [1.29, 1.82) is 0 Å². The van der Waals surface area contributed by atoms with Gasteiger partial charge in [0.2, 0.25) is 5.91 Å². The Morgan fingerprint density at radius 2 is 2.00 bits per heavy atom. The average Bonchev–Trinajstić information content (AvgIpc) is 2.99. The van der Waals surface area contributed by atoms with Crippen LogP contribution in [0.25, 0.3) is 0 Å². The van der Waals surface area contributed by atoms with E-state index in [4.69, 9.17) is 0 Å². The van der Waals surface area contributed by atoms with Gasteiger partial charge in [0, 0.05) is 11.4 Å². The van der Waals surface area contributed by atoms with Gasteiger partial charge in [0.25, 0.3) is 0 Å². The predicted molar refractivity (Wildman–Crippen MR) is 83.6 cm³/mol. The van der Waals surface area contributed by atoms with Crippen LogP contribution in [0.4, 0.5) is 0 Å². The van der Waals surface area contributed by atoms with Crippen LogP contribution in [0.1, 0.15) is 17.4 Å². The van der Waals surface area contributed by atoms with Gasteiger partial charge in [-0.3, -0.25) is 9.69 Å². The first kappa shape index (κ1) is 14.8. The van der Waals surface area contributed by atoms with Gasteiger partial charge in [-0.15, -0.1) is 11.3 Å². The van der Waals surface area contributed by atoms with Crippen molar-refractivity contribution in [3.05, 3.63) is 58.3 Å². The lowest BCUT2D eigenvalue weighted by Gasteiger charge is -2.19. The Morgan fingerprint density at radius 3 is 2.65 bits per heavy atom. The van der Waals surface area contributed by atoms with Crippen LogP contribution >= 0.6 is 11.3 Å². The lowest BCUT2D eigenvalue weighted by atomic mass is 10.2. The lowest BCUT2D eigenvalue weighted by molar-refractivity contribution is -0.122. The molecule has 2 rings (SSSR count). The van der Waals surface area contributed by atoms with Gasteiger partial charge in [-0.25, -0.2) is 0 Å². The number of benzene rings is 1. The highest BCUT2D eigenvalue weighted by atomic mass is 32.1. The Bertz CT molecular complexity index is 511. The molecule has 1 N–H and O–H groups in total. The van der Waals surface area contributed by atoms with Crippen molar-refractivity contribution in [1.82, 2.24) is 10.2 Å². The molecule has 0 saturated carbocycles. The van der Waals surface area contributed by atoms with Crippen LogP contribution < -0.4 is 5.32 Å². The van der Waals surface area contributed by atoms with Crippen molar-refractivity contribution in [3.63, 3.8) is 0 Å². The molecular weight excluding hydrogens is 268 g/mol. The first-order valence-corrected chi connectivity index (χ1v) is 7.71. The fraction of sp³-hybridized carbons (Fsp3) is 0.312. The molecule has 0 aliphatic carbocycles. The summed E-state index contributed by atoms with van der Waals surface area (Å²) in [7, 11) is 0. The fourth-order valence-corrected chi connectivity index (χ4v) is 2.62. The summed E-state index contributed by atoms with van der Waals surface area (Å²) in [5, 5.41) is 4.99. The first-order valence-electron chi connectivity index (χ1n) is 6.83. The van der Waals surface area contributed by atoms with Crippen LogP contribution in [0, 0.1) is 0 Å². The smallest absolute Gasteiger partial charge is 0.234 e. The van der Waals surface area contributed by atoms with Gasteiger partial charge in [-0.2, -0.15) is 0 Å². The SMILES string of the molecule is CCN(CC(=O)NCc1cccs1)Cc1ccccc1. The van der Waals surface area contributed by atoms with Crippen molar-refractivity contribution >= 4 is 17.2 Å². The largest absolute Gasteiger partial charge is 0.350 e. The molecule has 0 aliphatic heterocycles. The van der Waals surface area contributed by atoms with Crippen LogP contribution in [0.5, 0.6) is 0 Å². The van der Waals surface area contributed by atoms with Gasteiger partial charge < -0.3 is 5.32 Å². The summed E-state index contributed by atoms with van der Waals surface area (Å²) in [4.78, 5) is 15.3. The van der Waals surface area contributed by atoms with E-state index >= 15 is 0 Å². The third-order valence-corrected chi connectivity index (χ3v) is 3.98. The second-order valence-electron chi connectivity index (χ2n) is 4.64. The Morgan fingerprint density at radius 1 is 1.20 bits per heavy atom. The van der Waals surface area contributed by atoms with E-state index in [1.54, 1.807) is 11.3 Å². The Kier molecular flexibility index (Phi) is 5.77. The average molecular weight is 288 g/mol. The minimum absolute atomic E-state index is 0.0798. The minimum Gasteiger partial charge on any atom is -0.350 e. The summed E-state index contributed by atoms with van der Waals surface area (Å²) >= 11 is 1.66. The molecule has 20 heavy (non-hydrogen) atoms. The number of rotatable bonds is 7. The second kappa shape index (κ2) is 7.82. The Balaban J connectivity index is 1.79. The maximum absolute atomic E-state index is 11.9. The van der Waals surface area contributed by atoms with E-state index in [0.717, 1.165) is 13.1 Å². The quantitative estimate of drug-likeness (QED) is 0.849. The fourth-order valence-electron chi connectivity index (χ4n) is 1.98. The Hall–Kier alpha value is -1.65. The van der Waals surface area contributed by atoms with Crippen LogP contribution in [-0.4, -0.2) is 23.9 Å². The standard InChI is InChI=1S/C16H20N2OS/c1-2-18(12-14-7-4-3-5-8-14)13-16(19)17-11-15-9-6-10-20-15/h3-10H,2,11-13H2,1H3,(H,17,19). The molecule has 106 valence electrons. The van der Waals surface area contributed by atoms with Gasteiger partial charge in [0.05, 0.1) is 13.1 Å². The summed E-state index contributed by atoms with van der Waals surface area (Å²) in [5.74, 6) is 0.0798. The molecule has 1 heterocycles. The molecule has 0 fully saturated rings. The van der Waals surface area contributed by atoms with E-state index in [1.165, 1.54) is 10.4 Å². The van der Waals surface area contributed by atoms with Gasteiger partial charge in [-0.05, 0) is 23.6 Å². The number of carbonyl (C=O) groups is 1. The molecule has 1 aromatic carbocycles. The van der Waals surface area contributed by atoms with Crippen molar-refractivity contribution in [3.8, 4) is 0 Å². The summed E-state index contributed by atoms with van der Waals surface area (Å²) in [6.45, 7) is 4.82. The molecule has 0 radical (unpaired) electrons. The molecule has 0 aliphatic rings. The van der Waals surface area contributed by atoms with E-state index in [-0.39, 0.29) is 5.91 Å². The van der Waals surface area contributed by atoms with E-state index in [9.17, 15) is 4.79 Å². The van der Waals surface area contributed by atoms with E-state index in [0.29, 0.717) is 13.1 Å². The molecule has 1 aromatic heterocycles. The Labute approximate surface area is 124 Å². The molecule has 0 bridgehead atoms. The topological polar surface area (TPSA) is 32.3 Å². The molecule has 1 amide bonds. The van der Waals surface area contributed by atoms with Crippen molar-refractivity contribution in [2.45, 2.75) is 20.0 Å². The number of nitrogens with one attached hydrogen (secondary N) is 1. The number of likely N-dealkylation sites (N-methyl/N-ethyl adjacent to an activating group) is 1. The zero-order chi connectivity index (χ0) is 14.2. The zero-order valence-corrected chi connectivity index (χ0v) is 12.5. The lowest BCUT2D eigenvalue weighted by Crippen LogP contribution is -2.36. The monoisotopic (exact) mass is 288 g/mol. The minimum atomic E-state index is 0.0798. The highest BCUT2D eigenvalue weighted by Crippen LogP contribution is 2.07. The van der Waals surface area contributed by atoms with Crippen LogP contribution in [0.15, 0.2) is 47.8 Å². The normalized spacial score (nSPS) is 10.7. The third kappa shape index (κ3) is 4.79. The number of hydrogen-bond acceptors (Lipinski definition) is 3. The van der Waals surface area contributed by atoms with Gasteiger partial charge in [-0.1, -0.05) is 43.3 Å². The van der Waals surface area contributed by atoms with Gasteiger partial charge >= 0.3 is 0 Å². The summed E-state index contributed by atoms with van der Waals surface area (Å²) < 4.78 is 0. The van der Waals surface area contributed by atoms with Crippen LogP contribution in [-0.2, 0) is 17.9 Å². The van der Waals surface area contributed by atoms with Gasteiger partial charge in [0.1, 0.15) is 0 Å². The number of amides is 1. The molecule has 2 aromatic rings. The molecule has 0 saturated heterocycles. The second-order valence-corrected chi connectivity index (χ2v) is 5.68. The molecule has 0 atom stereocenters. The first-order chi connectivity index (χ1) is 9.78. The molecule has 3 nitrogen and oxygen atoms in total. The summed E-state index contributed by atoms with van der Waals surface area (Å²) in [6, 6.07) is 14.3. The predicted octanol–water partition coefficient (Wildman–Crippen LogP) is 2.89. The van der Waals surface area contributed by atoms with Crippen molar-refractivity contribution in [2.24, 2.45) is 0 Å². The van der Waals surface area contributed by atoms with E-state index in [2.05, 4.69) is 29.3 Å². The molecular formula is C16H20N2OS. The summed E-state index contributed by atoms with van der Waals surface area (Å²) in [6.07, 6.45) is 0. The number of nitrogens with zero attached hydrogens (tertiary/aromatic N) is 1.